The van der Waals surface area contributed by atoms with Crippen LogP contribution in [0.25, 0.3) is 11.1 Å². The number of benzene rings is 2. The van der Waals surface area contributed by atoms with Gasteiger partial charge in [-0.1, -0.05) is 30.3 Å². The summed E-state index contributed by atoms with van der Waals surface area (Å²) in [5.74, 6) is 0.0968. The Hall–Kier alpha value is -2.27. The molecule has 0 bridgehead atoms. The van der Waals surface area contributed by atoms with Gasteiger partial charge in [0.05, 0.1) is 12.0 Å². The minimum Gasteiger partial charge on any atom is -0.346 e. The van der Waals surface area contributed by atoms with Crippen molar-refractivity contribution in [2.45, 2.75) is 23.8 Å². The molecule has 1 heterocycles. The van der Waals surface area contributed by atoms with Gasteiger partial charge in [-0.2, -0.15) is 0 Å². The van der Waals surface area contributed by atoms with E-state index in [1.54, 1.807) is 18.8 Å². The minimum atomic E-state index is -0.562. The van der Waals surface area contributed by atoms with Gasteiger partial charge in [-0.05, 0) is 48.1 Å². The smallest absolute Gasteiger partial charge is 0.231 e. The Morgan fingerprint density at radius 2 is 1.83 bits per heavy atom. The molecule has 0 unspecified atom stereocenters. The normalized spacial score (nSPS) is 20.9. The molecule has 0 aliphatic carbocycles. The molecule has 1 amide bonds. The highest BCUT2D eigenvalue weighted by atomic mass is 32.2. The molecule has 124 valence electrons. The lowest BCUT2D eigenvalue weighted by atomic mass is 9.85. The Labute approximate surface area is 146 Å². The van der Waals surface area contributed by atoms with Crippen molar-refractivity contribution < 1.29 is 4.79 Å². The molecule has 2 aromatic rings. The van der Waals surface area contributed by atoms with Crippen molar-refractivity contribution in [3.05, 3.63) is 54.1 Å². The van der Waals surface area contributed by atoms with Gasteiger partial charge in [-0.25, -0.2) is 0 Å². The predicted octanol–water partition coefficient (Wildman–Crippen LogP) is 3.68. The number of carbonyl (C=O) groups is 1. The van der Waals surface area contributed by atoms with Gasteiger partial charge in [0.1, 0.15) is 0 Å². The van der Waals surface area contributed by atoms with E-state index >= 15 is 0 Å². The molecule has 0 aromatic heterocycles. The molecule has 0 radical (unpaired) electrons. The summed E-state index contributed by atoms with van der Waals surface area (Å²) in [6.07, 6.45) is 2.40. The van der Waals surface area contributed by atoms with Crippen molar-refractivity contribution in [3.8, 4) is 11.1 Å². The number of carbonyl (C=O) groups excluding carboxylic acids is 1. The van der Waals surface area contributed by atoms with Gasteiger partial charge < -0.3 is 5.32 Å². The fourth-order valence-electron chi connectivity index (χ4n) is 2.95. The third-order valence-corrected chi connectivity index (χ3v) is 5.24. The molecule has 2 aromatic carbocycles. The fraction of sp³-hybridized carbons (Fsp3) is 0.263. The van der Waals surface area contributed by atoms with Crippen LogP contribution in [0.1, 0.15) is 18.9 Å². The number of hydrogen-bond acceptors (Lipinski definition) is 3. The molecule has 4 nitrogen and oxygen atoms in total. The first-order valence-corrected chi connectivity index (χ1v) is 9.04. The summed E-state index contributed by atoms with van der Waals surface area (Å²) in [6, 6.07) is 16.6. The molecular formula is C19H21N3OS. The van der Waals surface area contributed by atoms with Crippen molar-refractivity contribution in [2.75, 3.05) is 13.3 Å². The van der Waals surface area contributed by atoms with E-state index in [0.717, 1.165) is 16.7 Å². The summed E-state index contributed by atoms with van der Waals surface area (Å²) < 4.78 is 0. The number of rotatable bonds is 3. The lowest BCUT2D eigenvalue weighted by Gasteiger charge is -2.39. The lowest BCUT2D eigenvalue weighted by Crippen LogP contribution is -2.58. The maximum absolute atomic E-state index is 12.2. The van der Waals surface area contributed by atoms with Crippen LogP contribution >= 0.6 is 11.8 Å². The molecule has 2 N–H and O–H groups in total. The van der Waals surface area contributed by atoms with Gasteiger partial charge in [0.2, 0.25) is 5.91 Å². The van der Waals surface area contributed by atoms with Crippen LogP contribution in [0.2, 0.25) is 0 Å². The van der Waals surface area contributed by atoms with Gasteiger partial charge in [0, 0.05) is 11.9 Å². The SMILES string of the molecule is CSc1cccc(-c2cccc([C@]3(C)CC(=O)N(C)C(=N)N3)c2)c1. The van der Waals surface area contributed by atoms with Crippen molar-refractivity contribution in [2.24, 2.45) is 0 Å². The van der Waals surface area contributed by atoms with Crippen LogP contribution in [-0.4, -0.2) is 30.1 Å². The molecule has 1 aliphatic rings. The van der Waals surface area contributed by atoms with Crippen LogP contribution in [0.5, 0.6) is 0 Å². The number of thioether (sulfide) groups is 1. The summed E-state index contributed by atoms with van der Waals surface area (Å²) in [6.45, 7) is 1.98. The Bertz CT molecular complexity index is 785. The third kappa shape index (κ3) is 3.04. The number of hydrogen-bond donors (Lipinski definition) is 2. The van der Waals surface area contributed by atoms with Gasteiger partial charge in [-0.15, -0.1) is 11.8 Å². The molecule has 0 spiro atoms. The van der Waals surface area contributed by atoms with Gasteiger partial charge in [0.15, 0.2) is 5.96 Å². The van der Waals surface area contributed by atoms with Crippen molar-refractivity contribution in [1.82, 2.24) is 10.2 Å². The molecule has 0 saturated carbocycles. The van der Waals surface area contributed by atoms with E-state index < -0.39 is 5.54 Å². The monoisotopic (exact) mass is 339 g/mol. The average Bonchev–Trinajstić information content (AvgIpc) is 2.60. The topological polar surface area (TPSA) is 56.2 Å². The van der Waals surface area contributed by atoms with E-state index in [2.05, 4.69) is 48.0 Å². The second-order valence-corrected chi connectivity index (χ2v) is 7.13. The second-order valence-electron chi connectivity index (χ2n) is 6.25. The quantitative estimate of drug-likeness (QED) is 0.839. The zero-order valence-corrected chi connectivity index (χ0v) is 14.9. The molecule has 1 atom stereocenters. The Kier molecular flexibility index (Phi) is 4.37. The van der Waals surface area contributed by atoms with E-state index in [1.165, 1.54) is 9.80 Å². The first-order valence-electron chi connectivity index (χ1n) is 7.81. The maximum Gasteiger partial charge on any atom is 0.231 e. The Morgan fingerprint density at radius 3 is 2.50 bits per heavy atom. The zero-order chi connectivity index (χ0) is 17.3. The van der Waals surface area contributed by atoms with Crippen LogP contribution in [-0.2, 0) is 10.3 Å². The Morgan fingerprint density at radius 1 is 1.17 bits per heavy atom. The predicted molar refractivity (Wildman–Crippen MR) is 99.3 cm³/mol. The first-order chi connectivity index (χ1) is 11.4. The van der Waals surface area contributed by atoms with E-state index in [-0.39, 0.29) is 11.9 Å². The maximum atomic E-state index is 12.2. The summed E-state index contributed by atoms with van der Waals surface area (Å²) in [5.41, 5.74) is 2.72. The van der Waals surface area contributed by atoms with Gasteiger partial charge >= 0.3 is 0 Å². The van der Waals surface area contributed by atoms with Crippen molar-refractivity contribution in [1.29, 1.82) is 5.41 Å². The summed E-state index contributed by atoms with van der Waals surface area (Å²) in [4.78, 5) is 14.7. The van der Waals surface area contributed by atoms with E-state index in [1.807, 2.05) is 19.1 Å². The van der Waals surface area contributed by atoms with Crippen LogP contribution < -0.4 is 5.32 Å². The largest absolute Gasteiger partial charge is 0.346 e. The highest BCUT2D eigenvalue weighted by Crippen LogP contribution is 2.32. The standard InChI is InChI=1S/C19H21N3OS/c1-19(12-17(23)22(2)18(20)21-19)15-8-4-6-13(10-15)14-7-5-9-16(11-14)24-3/h4-11H,12H2,1-3H3,(H2,20,21)/t19-/m0/s1. The molecular weight excluding hydrogens is 318 g/mol. The molecule has 1 fully saturated rings. The molecule has 1 aliphatic heterocycles. The molecule has 24 heavy (non-hydrogen) atoms. The summed E-state index contributed by atoms with van der Waals surface area (Å²) in [5, 5.41) is 11.2. The fourth-order valence-corrected chi connectivity index (χ4v) is 3.41. The van der Waals surface area contributed by atoms with Crippen LogP contribution in [0, 0.1) is 5.41 Å². The minimum absolute atomic E-state index is 0.0453. The first kappa shape index (κ1) is 16.6. The van der Waals surface area contributed by atoms with E-state index in [4.69, 9.17) is 5.41 Å². The molecule has 5 heteroatoms. The number of amides is 1. The average molecular weight is 339 g/mol. The summed E-state index contributed by atoms with van der Waals surface area (Å²) >= 11 is 1.72. The Balaban J connectivity index is 1.98. The highest BCUT2D eigenvalue weighted by Gasteiger charge is 2.37. The number of nitrogens with zero attached hydrogens (tertiary/aromatic N) is 1. The van der Waals surface area contributed by atoms with Crippen molar-refractivity contribution >= 4 is 23.6 Å². The molecule has 1 saturated heterocycles. The van der Waals surface area contributed by atoms with Crippen LogP contribution in [0.15, 0.2) is 53.4 Å². The van der Waals surface area contributed by atoms with E-state index in [9.17, 15) is 4.79 Å². The molecule has 3 rings (SSSR count). The van der Waals surface area contributed by atoms with Crippen molar-refractivity contribution in [3.63, 3.8) is 0 Å². The van der Waals surface area contributed by atoms with Gasteiger partial charge in [0.25, 0.3) is 0 Å². The second kappa shape index (κ2) is 6.32. The summed E-state index contributed by atoms with van der Waals surface area (Å²) in [7, 11) is 1.63. The van der Waals surface area contributed by atoms with E-state index in [0.29, 0.717) is 6.42 Å². The number of nitrogens with one attached hydrogen (secondary N) is 2. The van der Waals surface area contributed by atoms with Gasteiger partial charge in [-0.3, -0.25) is 15.1 Å². The lowest BCUT2D eigenvalue weighted by molar-refractivity contribution is -0.129. The third-order valence-electron chi connectivity index (χ3n) is 4.51. The van der Waals surface area contributed by atoms with Crippen LogP contribution in [0.3, 0.4) is 0 Å². The highest BCUT2D eigenvalue weighted by molar-refractivity contribution is 7.98. The van der Waals surface area contributed by atoms with Crippen LogP contribution in [0.4, 0.5) is 0 Å². The zero-order valence-electron chi connectivity index (χ0n) is 14.1. The number of guanidine groups is 1.